The van der Waals surface area contributed by atoms with Crippen molar-refractivity contribution in [2.75, 3.05) is 5.32 Å². The van der Waals surface area contributed by atoms with Gasteiger partial charge in [0.25, 0.3) is 5.56 Å². The zero-order valence-corrected chi connectivity index (χ0v) is 14.9. The third-order valence-corrected chi connectivity index (χ3v) is 4.23. The van der Waals surface area contributed by atoms with E-state index in [1.807, 2.05) is 0 Å². The summed E-state index contributed by atoms with van der Waals surface area (Å²) in [5.41, 5.74) is -0.743. The molecule has 8 nitrogen and oxygen atoms in total. The number of carbonyl (C=O) groups excluding carboxylic acids is 1. The molecule has 1 amide bonds. The molecule has 0 aliphatic carbocycles. The van der Waals surface area contributed by atoms with Gasteiger partial charge in [-0.2, -0.15) is 0 Å². The first-order chi connectivity index (χ1) is 11.8. The molecule has 0 saturated heterocycles. The second-order valence-electron chi connectivity index (χ2n) is 5.42. The number of imidazole rings is 1. The smallest absolute Gasteiger partial charge is 0.322 e. The maximum atomic E-state index is 13.8. The van der Waals surface area contributed by atoms with Crippen LogP contribution in [0.4, 0.5) is 10.1 Å². The third-order valence-electron chi connectivity index (χ3n) is 3.74. The molecule has 0 bridgehead atoms. The van der Waals surface area contributed by atoms with Gasteiger partial charge in [-0.3, -0.25) is 18.7 Å². The standard InChI is InChI=1S/C15H13BrFN5O3/c1-20-13-12(14(24)21(2)15(20)25)22(7-18-13)6-11(23)19-10-4-3-8(16)5-9(10)17/h3-5,7H,6H2,1-2H3,(H,19,23). The Balaban J connectivity index is 1.94. The van der Waals surface area contributed by atoms with E-state index in [4.69, 9.17) is 0 Å². The van der Waals surface area contributed by atoms with Crippen LogP contribution in [0.25, 0.3) is 11.2 Å². The number of nitrogens with zero attached hydrogens (tertiary/aromatic N) is 4. The van der Waals surface area contributed by atoms with Gasteiger partial charge < -0.3 is 9.88 Å². The number of fused-ring (bicyclic) bond motifs is 1. The maximum absolute atomic E-state index is 13.8. The molecule has 2 aromatic heterocycles. The van der Waals surface area contributed by atoms with Crippen molar-refractivity contribution in [3.63, 3.8) is 0 Å². The first kappa shape index (κ1) is 17.1. The molecule has 0 aliphatic rings. The van der Waals surface area contributed by atoms with E-state index < -0.39 is 23.0 Å². The number of hydrogen-bond donors (Lipinski definition) is 1. The Morgan fingerprint density at radius 2 is 2.00 bits per heavy atom. The molecule has 1 aromatic carbocycles. The van der Waals surface area contributed by atoms with Gasteiger partial charge >= 0.3 is 5.69 Å². The molecule has 25 heavy (non-hydrogen) atoms. The number of carbonyl (C=O) groups is 1. The number of rotatable bonds is 3. The minimum Gasteiger partial charge on any atom is -0.322 e. The predicted molar refractivity (Wildman–Crippen MR) is 92.9 cm³/mol. The summed E-state index contributed by atoms with van der Waals surface area (Å²) in [4.78, 5) is 40.4. The molecule has 130 valence electrons. The molecule has 0 saturated carbocycles. The fourth-order valence-corrected chi connectivity index (χ4v) is 2.79. The molecular formula is C15H13BrFN5O3. The van der Waals surface area contributed by atoms with Gasteiger partial charge in [0.05, 0.1) is 12.0 Å². The number of benzene rings is 1. The molecule has 2 heterocycles. The topological polar surface area (TPSA) is 90.9 Å². The lowest BCUT2D eigenvalue weighted by molar-refractivity contribution is -0.116. The summed E-state index contributed by atoms with van der Waals surface area (Å²) in [6.45, 7) is -0.251. The quantitative estimate of drug-likeness (QED) is 0.697. The van der Waals surface area contributed by atoms with Crippen molar-refractivity contribution in [3.05, 3.63) is 55.7 Å². The van der Waals surface area contributed by atoms with Crippen molar-refractivity contribution in [3.8, 4) is 0 Å². The summed E-state index contributed by atoms with van der Waals surface area (Å²) in [6.07, 6.45) is 1.29. The molecule has 0 unspecified atom stereocenters. The molecular weight excluding hydrogens is 397 g/mol. The fraction of sp³-hybridized carbons (Fsp3) is 0.200. The van der Waals surface area contributed by atoms with E-state index in [9.17, 15) is 18.8 Å². The predicted octanol–water partition coefficient (Wildman–Crippen LogP) is 0.974. The van der Waals surface area contributed by atoms with Gasteiger partial charge in [0.1, 0.15) is 12.4 Å². The van der Waals surface area contributed by atoms with Crippen molar-refractivity contribution in [2.24, 2.45) is 14.1 Å². The molecule has 0 fully saturated rings. The van der Waals surface area contributed by atoms with Crippen molar-refractivity contribution < 1.29 is 9.18 Å². The zero-order chi connectivity index (χ0) is 18.3. The van der Waals surface area contributed by atoms with Crippen LogP contribution < -0.4 is 16.6 Å². The van der Waals surface area contributed by atoms with E-state index in [1.165, 1.54) is 41.7 Å². The molecule has 0 aliphatic heterocycles. The fourth-order valence-electron chi connectivity index (χ4n) is 2.45. The highest BCUT2D eigenvalue weighted by atomic mass is 79.9. The minimum atomic E-state index is -0.587. The van der Waals surface area contributed by atoms with Crippen LogP contribution in [0.2, 0.25) is 0 Å². The average molecular weight is 410 g/mol. The summed E-state index contributed by atoms with van der Waals surface area (Å²) >= 11 is 3.14. The number of halogens is 2. The first-order valence-corrected chi connectivity index (χ1v) is 7.94. The van der Waals surface area contributed by atoms with Crippen LogP contribution in [-0.4, -0.2) is 24.6 Å². The molecule has 3 aromatic rings. The Kier molecular flexibility index (Phi) is 4.29. The van der Waals surface area contributed by atoms with Crippen molar-refractivity contribution in [1.29, 1.82) is 0 Å². The van der Waals surface area contributed by atoms with Crippen LogP contribution in [0.1, 0.15) is 0 Å². The van der Waals surface area contributed by atoms with Gasteiger partial charge in [-0.15, -0.1) is 0 Å². The molecule has 1 N–H and O–H groups in total. The normalized spacial score (nSPS) is 11.0. The second kappa shape index (κ2) is 6.28. The SMILES string of the molecule is Cn1c(=O)c2c(ncn2CC(=O)Nc2ccc(Br)cc2F)n(C)c1=O. The molecule has 0 radical (unpaired) electrons. The lowest BCUT2D eigenvalue weighted by Gasteiger charge is -2.08. The molecule has 0 atom stereocenters. The van der Waals surface area contributed by atoms with Gasteiger partial charge in [0.15, 0.2) is 11.2 Å². The van der Waals surface area contributed by atoms with Crippen LogP contribution >= 0.6 is 15.9 Å². The zero-order valence-electron chi connectivity index (χ0n) is 13.3. The van der Waals surface area contributed by atoms with Gasteiger partial charge in [0, 0.05) is 18.6 Å². The van der Waals surface area contributed by atoms with E-state index in [0.717, 1.165) is 4.57 Å². The maximum Gasteiger partial charge on any atom is 0.332 e. The molecule has 0 spiro atoms. The average Bonchev–Trinajstić information content (AvgIpc) is 2.97. The van der Waals surface area contributed by atoms with Gasteiger partial charge in [0.2, 0.25) is 5.91 Å². The van der Waals surface area contributed by atoms with Crippen LogP contribution in [-0.2, 0) is 25.4 Å². The summed E-state index contributed by atoms with van der Waals surface area (Å²) < 4.78 is 17.8. The Bertz CT molecular complexity index is 1110. The van der Waals surface area contributed by atoms with E-state index in [-0.39, 0.29) is 23.4 Å². The Hall–Kier alpha value is -2.75. The van der Waals surface area contributed by atoms with Crippen LogP contribution in [0.3, 0.4) is 0 Å². The Labute approximate surface area is 148 Å². The van der Waals surface area contributed by atoms with E-state index in [1.54, 1.807) is 6.07 Å². The van der Waals surface area contributed by atoms with Crippen LogP contribution in [0, 0.1) is 5.82 Å². The number of anilines is 1. The molecule has 10 heteroatoms. The van der Waals surface area contributed by atoms with E-state index in [0.29, 0.717) is 4.47 Å². The third kappa shape index (κ3) is 3.00. The lowest BCUT2D eigenvalue weighted by Crippen LogP contribution is -2.37. The molecule has 3 rings (SSSR count). The number of amides is 1. The highest BCUT2D eigenvalue weighted by molar-refractivity contribution is 9.10. The van der Waals surface area contributed by atoms with Crippen LogP contribution in [0.5, 0.6) is 0 Å². The summed E-state index contributed by atoms with van der Waals surface area (Å²) in [5.74, 6) is -1.12. The van der Waals surface area contributed by atoms with E-state index >= 15 is 0 Å². The first-order valence-electron chi connectivity index (χ1n) is 7.15. The summed E-state index contributed by atoms with van der Waals surface area (Å²) in [7, 11) is 2.83. The highest BCUT2D eigenvalue weighted by Gasteiger charge is 2.16. The van der Waals surface area contributed by atoms with Crippen molar-refractivity contribution in [1.82, 2.24) is 18.7 Å². The van der Waals surface area contributed by atoms with Crippen molar-refractivity contribution >= 4 is 38.7 Å². The number of hydrogen-bond acceptors (Lipinski definition) is 4. The van der Waals surface area contributed by atoms with Gasteiger partial charge in [-0.25, -0.2) is 14.2 Å². The number of nitrogens with one attached hydrogen (secondary N) is 1. The number of aromatic nitrogens is 4. The summed E-state index contributed by atoms with van der Waals surface area (Å²) in [5, 5.41) is 2.44. The van der Waals surface area contributed by atoms with Crippen molar-refractivity contribution in [2.45, 2.75) is 6.54 Å². The van der Waals surface area contributed by atoms with Crippen LogP contribution in [0.15, 0.2) is 38.6 Å². The Morgan fingerprint density at radius 3 is 2.68 bits per heavy atom. The van der Waals surface area contributed by atoms with Gasteiger partial charge in [-0.05, 0) is 18.2 Å². The summed E-state index contributed by atoms with van der Waals surface area (Å²) in [6, 6.07) is 4.25. The number of aryl methyl sites for hydroxylation is 1. The highest BCUT2D eigenvalue weighted by Crippen LogP contribution is 2.19. The Morgan fingerprint density at radius 1 is 1.28 bits per heavy atom. The minimum absolute atomic E-state index is 0.0259. The van der Waals surface area contributed by atoms with E-state index in [2.05, 4.69) is 26.2 Å². The second-order valence-corrected chi connectivity index (χ2v) is 6.34. The van der Waals surface area contributed by atoms with Gasteiger partial charge in [-0.1, -0.05) is 15.9 Å². The largest absolute Gasteiger partial charge is 0.332 e. The lowest BCUT2D eigenvalue weighted by atomic mass is 10.3. The monoisotopic (exact) mass is 409 g/mol.